The van der Waals surface area contributed by atoms with Gasteiger partial charge in [0.1, 0.15) is 6.73 Å². The largest absolute Gasteiger partial charge is 0.365 e. The molecule has 0 aliphatic heterocycles. The predicted octanol–water partition coefficient (Wildman–Crippen LogP) is 0.340. The Kier molecular flexibility index (Phi) is 5.93. The fourth-order valence-electron chi connectivity index (χ4n) is 0.418. The lowest BCUT2D eigenvalue weighted by molar-refractivity contribution is 0.0876. The van der Waals surface area contributed by atoms with Crippen LogP contribution in [0, 0.1) is 5.92 Å². The first kappa shape index (κ1) is 8.88. The molecule has 0 heterocycles. The molecule has 3 heteroatoms. The van der Waals surface area contributed by atoms with E-state index in [1.807, 2.05) is 7.05 Å². The second-order valence-electron chi connectivity index (χ2n) is 2.34. The highest BCUT2D eigenvalue weighted by Gasteiger charge is 1.90. The maximum Gasteiger partial charge on any atom is 0.109 e. The zero-order valence-corrected chi connectivity index (χ0v) is 6.40. The van der Waals surface area contributed by atoms with E-state index in [1.165, 1.54) is 0 Å². The number of rotatable bonds is 5. The molecule has 0 bridgehead atoms. The Bertz CT molecular complexity index is 57.0. The van der Waals surface area contributed by atoms with Crippen molar-refractivity contribution in [1.82, 2.24) is 10.9 Å². The molecule has 3 nitrogen and oxygen atoms in total. The Balaban J connectivity index is 2.75. The third-order valence-electron chi connectivity index (χ3n) is 0.802. The number of hydrazine groups is 1. The van der Waals surface area contributed by atoms with Crippen LogP contribution in [0.25, 0.3) is 0 Å². The SMILES string of the molecule is CNNCOCC(C)C. The second-order valence-corrected chi connectivity index (χ2v) is 2.34. The van der Waals surface area contributed by atoms with Gasteiger partial charge in [0.25, 0.3) is 0 Å². The Morgan fingerprint density at radius 3 is 2.56 bits per heavy atom. The average Bonchev–Trinajstić information content (AvgIpc) is 1.80. The third-order valence-corrected chi connectivity index (χ3v) is 0.802. The van der Waals surface area contributed by atoms with Gasteiger partial charge in [0.05, 0.1) is 6.61 Å². The summed E-state index contributed by atoms with van der Waals surface area (Å²) in [7, 11) is 1.82. The molecule has 0 atom stereocenters. The van der Waals surface area contributed by atoms with E-state index in [1.54, 1.807) is 0 Å². The van der Waals surface area contributed by atoms with Crippen molar-refractivity contribution >= 4 is 0 Å². The fraction of sp³-hybridized carbons (Fsp3) is 1.00. The van der Waals surface area contributed by atoms with E-state index in [0.29, 0.717) is 12.6 Å². The van der Waals surface area contributed by atoms with E-state index in [4.69, 9.17) is 4.74 Å². The number of nitrogens with one attached hydrogen (secondary N) is 2. The molecule has 0 radical (unpaired) electrons. The maximum atomic E-state index is 5.16. The highest BCUT2D eigenvalue weighted by atomic mass is 16.5. The van der Waals surface area contributed by atoms with Gasteiger partial charge >= 0.3 is 0 Å². The molecule has 0 saturated heterocycles. The summed E-state index contributed by atoms with van der Waals surface area (Å²) in [5.41, 5.74) is 5.60. The van der Waals surface area contributed by atoms with E-state index in [2.05, 4.69) is 24.7 Å². The molecule has 0 aliphatic rings. The summed E-state index contributed by atoms with van der Waals surface area (Å²) in [6.07, 6.45) is 0. The first-order valence-electron chi connectivity index (χ1n) is 3.24. The number of hydrogen-bond acceptors (Lipinski definition) is 3. The van der Waals surface area contributed by atoms with Crippen LogP contribution in [0.5, 0.6) is 0 Å². The molecule has 0 rings (SSSR count). The van der Waals surface area contributed by atoms with Gasteiger partial charge in [-0.1, -0.05) is 13.8 Å². The molecule has 0 saturated carbocycles. The van der Waals surface area contributed by atoms with Gasteiger partial charge in [-0.15, -0.1) is 0 Å². The molecule has 0 aromatic rings. The van der Waals surface area contributed by atoms with Crippen LogP contribution in [0.4, 0.5) is 0 Å². The Hall–Kier alpha value is -0.120. The van der Waals surface area contributed by atoms with Crippen LogP contribution < -0.4 is 10.9 Å². The molecule has 0 unspecified atom stereocenters. The lowest BCUT2D eigenvalue weighted by Crippen LogP contribution is -2.30. The average molecular weight is 132 g/mol. The number of hydrogen-bond donors (Lipinski definition) is 2. The first-order chi connectivity index (χ1) is 4.27. The van der Waals surface area contributed by atoms with Crippen molar-refractivity contribution in [2.24, 2.45) is 5.92 Å². The topological polar surface area (TPSA) is 33.3 Å². The van der Waals surface area contributed by atoms with Crippen LogP contribution in [0.3, 0.4) is 0 Å². The van der Waals surface area contributed by atoms with E-state index >= 15 is 0 Å². The zero-order valence-electron chi connectivity index (χ0n) is 6.40. The second kappa shape index (κ2) is 6.01. The molecular formula is C6H16N2O. The Morgan fingerprint density at radius 2 is 2.11 bits per heavy atom. The van der Waals surface area contributed by atoms with Gasteiger partial charge in [-0.3, -0.25) is 5.43 Å². The van der Waals surface area contributed by atoms with Gasteiger partial charge in [-0.05, 0) is 13.0 Å². The minimum absolute atomic E-state index is 0.578. The summed E-state index contributed by atoms with van der Waals surface area (Å²) in [6, 6.07) is 0. The van der Waals surface area contributed by atoms with Gasteiger partial charge in [0.2, 0.25) is 0 Å². The maximum absolute atomic E-state index is 5.16. The summed E-state index contributed by atoms with van der Waals surface area (Å²) >= 11 is 0. The normalized spacial score (nSPS) is 10.7. The lowest BCUT2D eigenvalue weighted by Gasteiger charge is -2.06. The molecule has 0 fully saturated rings. The molecule has 2 N–H and O–H groups in total. The molecule has 56 valence electrons. The number of ether oxygens (including phenoxy) is 1. The van der Waals surface area contributed by atoms with Crippen molar-refractivity contribution in [3.8, 4) is 0 Å². The van der Waals surface area contributed by atoms with Crippen LogP contribution in [-0.2, 0) is 4.74 Å². The van der Waals surface area contributed by atoms with E-state index in [0.717, 1.165) is 6.61 Å². The van der Waals surface area contributed by atoms with Crippen molar-refractivity contribution < 1.29 is 4.74 Å². The summed E-state index contributed by atoms with van der Waals surface area (Å²) < 4.78 is 5.16. The molecule has 0 spiro atoms. The van der Waals surface area contributed by atoms with Gasteiger partial charge in [-0.25, -0.2) is 5.43 Å². The summed E-state index contributed by atoms with van der Waals surface area (Å²) in [5, 5.41) is 0. The fourth-order valence-corrected chi connectivity index (χ4v) is 0.418. The van der Waals surface area contributed by atoms with E-state index in [-0.39, 0.29) is 0 Å². The van der Waals surface area contributed by atoms with Crippen LogP contribution in [0.2, 0.25) is 0 Å². The van der Waals surface area contributed by atoms with Gasteiger partial charge in [-0.2, -0.15) is 0 Å². The smallest absolute Gasteiger partial charge is 0.109 e. The zero-order chi connectivity index (χ0) is 7.11. The Morgan fingerprint density at radius 1 is 1.44 bits per heavy atom. The molecular weight excluding hydrogens is 116 g/mol. The van der Waals surface area contributed by atoms with Crippen molar-refractivity contribution in [3.05, 3.63) is 0 Å². The summed E-state index contributed by atoms with van der Waals surface area (Å²) in [6.45, 7) is 5.64. The van der Waals surface area contributed by atoms with Gasteiger partial charge in [0, 0.05) is 0 Å². The van der Waals surface area contributed by atoms with Crippen LogP contribution in [0.15, 0.2) is 0 Å². The highest BCUT2D eigenvalue weighted by molar-refractivity contribution is 4.37. The predicted molar refractivity (Wildman–Crippen MR) is 37.9 cm³/mol. The van der Waals surface area contributed by atoms with E-state index in [9.17, 15) is 0 Å². The molecule has 0 aliphatic carbocycles. The van der Waals surface area contributed by atoms with Crippen molar-refractivity contribution in [2.75, 3.05) is 20.4 Å². The van der Waals surface area contributed by atoms with E-state index < -0.39 is 0 Å². The highest BCUT2D eigenvalue weighted by Crippen LogP contribution is 1.89. The third kappa shape index (κ3) is 7.88. The van der Waals surface area contributed by atoms with Gasteiger partial charge in [0.15, 0.2) is 0 Å². The quantitative estimate of drug-likeness (QED) is 0.321. The lowest BCUT2D eigenvalue weighted by atomic mass is 10.2. The molecule has 9 heavy (non-hydrogen) atoms. The first-order valence-corrected chi connectivity index (χ1v) is 3.24. The minimum atomic E-state index is 0.578. The van der Waals surface area contributed by atoms with Crippen LogP contribution in [-0.4, -0.2) is 20.4 Å². The van der Waals surface area contributed by atoms with Gasteiger partial charge < -0.3 is 4.74 Å². The molecule has 0 aromatic heterocycles. The van der Waals surface area contributed by atoms with Crippen molar-refractivity contribution in [2.45, 2.75) is 13.8 Å². The molecule has 0 aromatic carbocycles. The monoisotopic (exact) mass is 132 g/mol. The van der Waals surface area contributed by atoms with Crippen LogP contribution in [0.1, 0.15) is 13.8 Å². The summed E-state index contributed by atoms with van der Waals surface area (Å²) in [5.74, 6) is 0.614. The molecule has 0 amide bonds. The summed E-state index contributed by atoms with van der Waals surface area (Å²) in [4.78, 5) is 0. The Labute approximate surface area is 56.7 Å². The standard InChI is InChI=1S/C6H16N2O/c1-6(2)4-9-5-8-7-3/h6-8H,4-5H2,1-3H3. The van der Waals surface area contributed by atoms with Crippen molar-refractivity contribution in [1.29, 1.82) is 0 Å². The minimum Gasteiger partial charge on any atom is -0.365 e. The van der Waals surface area contributed by atoms with Crippen LogP contribution >= 0.6 is 0 Å². The van der Waals surface area contributed by atoms with Crippen molar-refractivity contribution in [3.63, 3.8) is 0 Å².